The summed E-state index contributed by atoms with van der Waals surface area (Å²) < 4.78 is 29.0. The maximum atomic E-state index is 12.9. The molecule has 0 amide bonds. The third-order valence-electron chi connectivity index (χ3n) is 2.75. The summed E-state index contributed by atoms with van der Waals surface area (Å²) in [5.74, 6) is 1.64. The van der Waals surface area contributed by atoms with Crippen LogP contribution >= 0.6 is 11.6 Å². The molecule has 0 bridgehead atoms. The van der Waals surface area contributed by atoms with Crippen LogP contribution in [0.4, 0.5) is 4.39 Å². The normalized spacial score (nSPS) is 12.5. The molecule has 0 fully saturated rings. The lowest BCUT2D eigenvalue weighted by Gasteiger charge is -2.08. The lowest BCUT2D eigenvalue weighted by atomic mass is 10.2. The van der Waals surface area contributed by atoms with Gasteiger partial charge in [0.05, 0.1) is 5.02 Å². The van der Waals surface area contributed by atoms with Gasteiger partial charge < -0.3 is 14.2 Å². The average Bonchev–Trinajstić information content (AvgIpc) is 2.85. The summed E-state index contributed by atoms with van der Waals surface area (Å²) in [6.07, 6.45) is 0. The highest BCUT2D eigenvalue weighted by Crippen LogP contribution is 2.35. The molecule has 0 N–H and O–H groups in total. The summed E-state index contributed by atoms with van der Waals surface area (Å²) in [4.78, 5) is 0. The van der Waals surface area contributed by atoms with Gasteiger partial charge in [-0.1, -0.05) is 17.7 Å². The van der Waals surface area contributed by atoms with Gasteiger partial charge in [0.25, 0.3) is 0 Å². The van der Waals surface area contributed by atoms with Crippen molar-refractivity contribution in [3.05, 3.63) is 52.8 Å². The van der Waals surface area contributed by atoms with Crippen molar-refractivity contribution in [1.82, 2.24) is 0 Å². The fraction of sp³-hybridized carbons (Fsp3) is 0.143. The van der Waals surface area contributed by atoms with Gasteiger partial charge in [0.15, 0.2) is 11.5 Å². The highest BCUT2D eigenvalue weighted by atomic mass is 35.5. The third kappa shape index (κ3) is 2.58. The van der Waals surface area contributed by atoms with Crippen molar-refractivity contribution in [3.63, 3.8) is 0 Å². The minimum absolute atomic E-state index is 0.225. The first-order valence-electron chi connectivity index (χ1n) is 5.69. The Kier molecular flexibility index (Phi) is 3.17. The fourth-order valence-corrected chi connectivity index (χ4v) is 1.99. The summed E-state index contributed by atoms with van der Waals surface area (Å²) >= 11 is 5.92. The van der Waals surface area contributed by atoms with E-state index in [0.717, 1.165) is 5.56 Å². The molecule has 2 aromatic rings. The molecule has 0 saturated carbocycles. The van der Waals surface area contributed by atoms with Crippen LogP contribution in [0.1, 0.15) is 5.56 Å². The third-order valence-corrected chi connectivity index (χ3v) is 3.11. The Morgan fingerprint density at radius 2 is 1.95 bits per heavy atom. The second-order valence-electron chi connectivity index (χ2n) is 4.04. The molecule has 5 heteroatoms. The van der Waals surface area contributed by atoms with E-state index < -0.39 is 0 Å². The van der Waals surface area contributed by atoms with E-state index in [1.54, 1.807) is 24.3 Å². The molecule has 0 radical (unpaired) electrons. The van der Waals surface area contributed by atoms with Crippen LogP contribution in [0.2, 0.25) is 5.02 Å². The van der Waals surface area contributed by atoms with E-state index >= 15 is 0 Å². The van der Waals surface area contributed by atoms with E-state index in [1.165, 1.54) is 12.1 Å². The highest BCUT2D eigenvalue weighted by Gasteiger charge is 2.13. The number of rotatable bonds is 3. The molecule has 0 aliphatic carbocycles. The van der Waals surface area contributed by atoms with E-state index in [-0.39, 0.29) is 19.2 Å². The Morgan fingerprint density at radius 3 is 2.79 bits per heavy atom. The van der Waals surface area contributed by atoms with Crippen molar-refractivity contribution in [2.24, 2.45) is 0 Å². The number of hydrogen-bond acceptors (Lipinski definition) is 3. The van der Waals surface area contributed by atoms with Gasteiger partial charge in [0.2, 0.25) is 6.79 Å². The van der Waals surface area contributed by atoms with Crippen LogP contribution in [-0.4, -0.2) is 6.79 Å². The molecule has 0 atom stereocenters. The van der Waals surface area contributed by atoms with Gasteiger partial charge in [-0.3, -0.25) is 0 Å². The fourth-order valence-electron chi connectivity index (χ4n) is 1.77. The Hall–Kier alpha value is -1.94. The Bertz CT molecular complexity index is 616. The SMILES string of the molecule is Fc1ccc(COc2ccc3c(c2)OCO3)c(Cl)c1. The van der Waals surface area contributed by atoms with Gasteiger partial charge >= 0.3 is 0 Å². The molecule has 1 aliphatic rings. The summed E-state index contributed by atoms with van der Waals surface area (Å²) in [5.41, 5.74) is 0.723. The number of hydrogen-bond donors (Lipinski definition) is 0. The first kappa shape index (κ1) is 12.1. The second-order valence-corrected chi connectivity index (χ2v) is 4.45. The van der Waals surface area contributed by atoms with Gasteiger partial charge in [-0.25, -0.2) is 4.39 Å². The predicted molar refractivity (Wildman–Crippen MR) is 68.3 cm³/mol. The van der Waals surface area contributed by atoms with Crippen LogP contribution in [0.3, 0.4) is 0 Å². The van der Waals surface area contributed by atoms with Crippen LogP contribution in [-0.2, 0) is 6.61 Å². The first-order chi connectivity index (χ1) is 9.22. The van der Waals surface area contributed by atoms with E-state index in [1.807, 2.05) is 0 Å². The molecule has 19 heavy (non-hydrogen) atoms. The molecule has 3 nitrogen and oxygen atoms in total. The number of halogens is 2. The van der Waals surface area contributed by atoms with Crippen LogP contribution in [0.25, 0.3) is 0 Å². The maximum Gasteiger partial charge on any atom is 0.231 e. The maximum absolute atomic E-state index is 12.9. The lowest BCUT2D eigenvalue weighted by molar-refractivity contribution is 0.173. The van der Waals surface area contributed by atoms with Crippen molar-refractivity contribution in [1.29, 1.82) is 0 Å². The zero-order valence-electron chi connectivity index (χ0n) is 9.86. The lowest BCUT2D eigenvalue weighted by Crippen LogP contribution is -1.96. The Labute approximate surface area is 114 Å². The first-order valence-corrected chi connectivity index (χ1v) is 6.06. The van der Waals surface area contributed by atoms with Crippen molar-refractivity contribution >= 4 is 11.6 Å². The van der Waals surface area contributed by atoms with Crippen molar-refractivity contribution in [2.45, 2.75) is 6.61 Å². The molecule has 2 aromatic carbocycles. The zero-order valence-corrected chi connectivity index (χ0v) is 10.6. The molecule has 0 spiro atoms. The van der Waals surface area contributed by atoms with E-state index in [9.17, 15) is 4.39 Å². The number of fused-ring (bicyclic) bond motifs is 1. The van der Waals surface area contributed by atoms with E-state index in [0.29, 0.717) is 22.3 Å². The van der Waals surface area contributed by atoms with E-state index in [2.05, 4.69) is 0 Å². The molecule has 1 aliphatic heterocycles. The van der Waals surface area contributed by atoms with Gasteiger partial charge in [-0.2, -0.15) is 0 Å². The largest absolute Gasteiger partial charge is 0.489 e. The minimum atomic E-state index is -0.364. The average molecular weight is 281 g/mol. The van der Waals surface area contributed by atoms with E-state index in [4.69, 9.17) is 25.8 Å². The van der Waals surface area contributed by atoms with Crippen molar-refractivity contribution < 1.29 is 18.6 Å². The Morgan fingerprint density at radius 1 is 1.11 bits per heavy atom. The monoisotopic (exact) mass is 280 g/mol. The summed E-state index contributed by atoms with van der Waals surface area (Å²) in [6, 6.07) is 9.53. The zero-order chi connectivity index (χ0) is 13.2. The topological polar surface area (TPSA) is 27.7 Å². The molecule has 0 unspecified atom stereocenters. The summed E-state index contributed by atoms with van der Waals surface area (Å²) in [6.45, 7) is 0.487. The molecule has 0 saturated heterocycles. The van der Waals surface area contributed by atoms with Gasteiger partial charge in [0.1, 0.15) is 18.2 Å². The predicted octanol–water partition coefficient (Wildman–Crippen LogP) is 3.79. The van der Waals surface area contributed by atoms with Crippen LogP contribution in [0.15, 0.2) is 36.4 Å². The number of ether oxygens (including phenoxy) is 3. The smallest absolute Gasteiger partial charge is 0.231 e. The van der Waals surface area contributed by atoms with Crippen LogP contribution < -0.4 is 14.2 Å². The van der Waals surface area contributed by atoms with Crippen LogP contribution in [0, 0.1) is 5.82 Å². The number of benzene rings is 2. The molecule has 0 aromatic heterocycles. The highest BCUT2D eigenvalue weighted by molar-refractivity contribution is 6.31. The molecular weight excluding hydrogens is 271 g/mol. The quantitative estimate of drug-likeness (QED) is 0.856. The van der Waals surface area contributed by atoms with Gasteiger partial charge in [-0.15, -0.1) is 0 Å². The summed E-state index contributed by atoms with van der Waals surface area (Å²) in [5, 5.41) is 0.348. The Balaban J connectivity index is 1.72. The molecule has 1 heterocycles. The van der Waals surface area contributed by atoms with Gasteiger partial charge in [0, 0.05) is 11.6 Å². The second kappa shape index (κ2) is 4.97. The molecule has 98 valence electrons. The van der Waals surface area contributed by atoms with Crippen LogP contribution in [0.5, 0.6) is 17.2 Å². The standard InChI is InChI=1S/C14H10ClFO3/c15-12-5-10(16)2-1-9(12)7-17-11-3-4-13-14(6-11)19-8-18-13/h1-6H,7-8H2. The minimum Gasteiger partial charge on any atom is -0.489 e. The molecular formula is C14H10ClFO3. The molecule has 3 rings (SSSR count). The van der Waals surface area contributed by atoms with Gasteiger partial charge in [-0.05, 0) is 24.3 Å². The van der Waals surface area contributed by atoms with Crippen molar-refractivity contribution in [2.75, 3.05) is 6.79 Å². The van der Waals surface area contributed by atoms with Crippen molar-refractivity contribution in [3.8, 4) is 17.2 Å². The summed E-state index contributed by atoms with van der Waals surface area (Å²) in [7, 11) is 0.